The first-order valence-corrected chi connectivity index (χ1v) is 9.70. The maximum Gasteiger partial charge on any atom is 0.112 e. The van der Waals surface area contributed by atoms with Crippen molar-refractivity contribution in [3.63, 3.8) is 0 Å². The molecule has 2 heterocycles. The molecule has 2 aromatic heterocycles. The topological polar surface area (TPSA) is 49.2 Å². The maximum absolute atomic E-state index is 5.78. The molecular weight excluding hydrogens is 362 g/mol. The molecule has 4 aromatic rings. The van der Waals surface area contributed by atoms with Gasteiger partial charge in [0.15, 0.2) is 0 Å². The Morgan fingerprint density at radius 1 is 0.966 bits per heavy atom. The van der Waals surface area contributed by atoms with E-state index >= 15 is 0 Å². The van der Waals surface area contributed by atoms with Crippen LogP contribution in [0.2, 0.25) is 0 Å². The van der Waals surface area contributed by atoms with E-state index in [1.807, 2.05) is 54.7 Å². The third kappa shape index (κ3) is 4.45. The molecule has 2 aromatic carbocycles. The predicted octanol–water partition coefficient (Wildman–Crippen LogP) is 3.84. The quantitative estimate of drug-likeness (QED) is 0.358. The molecule has 0 saturated carbocycles. The Morgan fingerprint density at radius 3 is 2.66 bits per heavy atom. The zero-order valence-electron chi connectivity index (χ0n) is 16.5. The molecule has 29 heavy (non-hydrogen) atoms. The van der Waals surface area contributed by atoms with Gasteiger partial charge >= 0.3 is 0 Å². The minimum absolute atomic E-state index is 0.400. The van der Waals surface area contributed by atoms with E-state index in [-0.39, 0.29) is 0 Å². The van der Waals surface area contributed by atoms with Gasteiger partial charge in [0.25, 0.3) is 0 Å². The maximum atomic E-state index is 5.78. The number of para-hydroxylation sites is 1. The summed E-state index contributed by atoms with van der Waals surface area (Å²) in [6.45, 7) is 2.29. The number of ether oxygens (including phenoxy) is 2. The molecule has 5 nitrogen and oxygen atoms in total. The summed E-state index contributed by atoms with van der Waals surface area (Å²) in [5, 5.41) is 1.10. The van der Waals surface area contributed by atoms with E-state index in [4.69, 9.17) is 14.5 Å². The molecule has 0 aliphatic heterocycles. The Bertz CT molecular complexity index is 1160. The van der Waals surface area contributed by atoms with E-state index in [0.717, 1.165) is 39.7 Å². The van der Waals surface area contributed by atoms with Crippen LogP contribution in [-0.4, -0.2) is 41.5 Å². The van der Waals surface area contributed by atoms with Crippen LogP contribution in [0.5, 0.6) is 0 Å². The lowest BCUT2D eigenvalue weighted by atomic mass is 10.2. The van der Waals surface area contributed by atoms with E-state index in [1.165, 1.54) is 0 Å². The Hall–Kier alpha value is -3.20. The molecule has 5 heteroatoms. The van der Waals surface area contributed by atoms with Crippen molar-refractivity contribution in [3.8, 4) is 11.8 Å². The fourth-order valence-corrected chi connectivity index (χ4v) is 3.37. The molecule has 0 unspecified atom stereocenters. The number of fused-ring (bicyclic) bond motifs is 3. The standard InChI is InChI=1S/C24H23N3O2/c1-28-16-13-23-26-22-18-25-21-12-6-5-11-20(21)24(22)27(23)14-17-29-15-7-10-19-8-3-2-4-9-19/h2-6,8-9,11-12,18H,13-17H2,1H3. The van der Waals surface area contributed by atoms with Crippen molar-refractivity contribution in [2.75, 3.05) is 26.9 Å². The fraction of sp³-hybridized carbons (Fsp3) is 0.250. The first-order chi connectivity index (χ1) is 14.4. The third-order valence-electron chi connectivity index (χ3n) is 4.73. The lowest BCUT2D eigenvalue weighted by molar-refractivity contribution is 0.156. The van der Waals surface area contributed by atoms with Crippen molar-refractivity contribution in [1.82, 2.24) is 14.5 Å². The normalized spacial score (nSPS) is 10.9. The fourth-order valence-electron chi connectivity index (χ4n) is 3.37. The van der Waals surface area contributed by atoms with Crippen LogP contribution in [-0.2, 0) is 22.4 Å². The number of hydrogen-bond donors (Lipinski definition) is 0. The van der Waals surface area contributed by atoms with Gasteiger partial charge in [-0.15, -0.1) is 0 Å². The second-order valence-corrected chi connectivity index (χ2v) is 6.65. The molecule has 0 spiro atoms. The molecule has 0 aliphatic carbocycles. The van der Waals surface area contributed by atoms with Crippen LogP contribution in [0.1, 0.15) is 11.4 Å². The summed E-state index contributed by atoms with van der Waals surface area (Å²) >= 11 is 0. The van der Waals surface area contributed by atoms with Gasteiger partial charge in [0.05, 0.1) is 30.4 Å². The Labute approximate surface area is 170 Å². The van der Waals surface area contributed by atoms with Crippen LogP contribution >= 0.6 is 0 Å². The molecule has 0 bridgehead atoms. The highest BCUT2D eigenvalue weighted by Gasteiger charge is 2.14. The summed E-state index contributed by atoms with van der Waals surface area (Å²) in [4.78, 5) is 9.33. The Morgan fingerprint density at radius 2 is 1.79 bits per heavy atom. The van der Waals surface area contributed by atoms with Gasteiger partial charge < -0.3 is 14.0 Å². The summed E-state index contributed by atoms with van der Waals surface area (Å²) in [6.07, 6.45) is 2.59. The minimum Gasteiger partial charge on any atom is -0.384 e. The summed E-state index contributed by atoms with van der Waals surface area (Å²) < 4.78 is 13.3. The van der Waals surface area contributed by atoms with Gasteiger partial charge in [0.1, 0.15) is 17.9 Å². The Kier molecular flexibility index (Phi) is 6.16. The number of methoxy groups -OCH3 is 1. The zero-order chi connectivity index (χ0) is 19.9. The SMILES string of the molecule is COCCc1nc2cnc3ccccc3c2n1CCOCC#Cc1ccccc1. The van der Waals surface area contributed by atoms with Gasteiger partial charge in [-0.1, -0.05) is 48.2 Å². The molecule has 146 valence electrons. The molecule has 0 fully saturated rings. The van der Waals surface area contributed by atoms with Crippen LogP contribution in [0.4, 0.5) is 0 Å². The number of hydrogen-bond acceptors (Lipinski definition) is 4. The molecule has 0 saturated heterocycles. The van der Waals surface area contributed by atoms with Crippen molar-refractivity contribution in [3.05, 3.63) is 72.2 Å². The zero-order valence-corrected chi connectivity index (χ0v) is 16.5. The van der Waals surface area contributed by atoms with Crippen LogP contribution < -0.4 is 0 Å². The smallest absolute Gasteiger partial charge is 0.112 e. The summed E-state index contributed by atoms with van der Waals surface area (Å²) in [7, 11) is 1.71. The third-order valence-corrected chi connectivity index (χ3v) is 4.73. The summed E-state index contributed by atoms with van der Waals surface area (Å²) in [6, 6.07) is 18.1. The van der Waals surface area contributed by atoms with Crippen molar-refractivity contribution < 1.29 is 9.47 Å². The average Bonchev–Trinajstić information content (AvgIpc) is 3.13. The number of aromatic nitrogens is 3. The summed E-state index contributed by atoms with van der Waals surface area (Å²) in [5.41, 5.74) is 3.96. The molecule has 0 N–H and O–H groups in total. The first-order valence-electron chi connectivity index (χ1n) is 9.70. The second kappa shape index (κ2) is 9.33. The van der Waals surface area contributed by atoms with Crippen LogP contribution in [0.15, 0.2) is 60.8 Å². The lowest BCUT2D eigenvalue weighted by Crippen LogP contribution is -2.11. The molecule has 0 radical (unpaired) electrons. The molecule has 0 atom stereocenters. The van der Waals surface area contributed by atoms with E-state index in [1.54, 1.807) is 7.11 Å². The lowest BCUT2D eigenvalue weighted by Gasteiger charge is -2.10. The molecule has 0 amide bonds. The highest BCUT2D eigenvalue weighted by Crippen LogP contribution is 2.25. The monoisotopic (exact) mass is 385 g/mol. The average molecular weight is 385 g/mol. The van der Waals surface area contributed by atoms with E-state index < -0.39 is 0 Å². The predicted molar refractivity (Wildman–Crippen MR) is 115 cm³/mol. The Balaban J connectivity index is 1.52. The van der Waals surface area contributed by atoms with Gasteiger partial charge in [0.2, 0.25) is 0 Å². The second-order valence-electron chi connectivity index (χ2n) is 6.65. The highest BCUT2D eigenvalue weighted by atomic mass is 16.5. The van der Waals surface area contributed by atoms with Crippen LogP contribution in [0, 0.1) is 11.8 Å². The van der Waals surface area contributed by atoms with Crippen molar-refractivity contribution in [1.29, 1.82) is 0 Å². The number of pyridine rings is 1. The molecular formula is C24H23N3O2. The van der Waals surface area contributed by atoms with Crippen LogP contribution in [0.25, 0.3) is 21.9 Å². The van der Waals surface area contributed by atoms with Gasteiger partial charge in [-0.2, -0.15) is 0 Å². The molecule has 0 aliphatic rings. The largest absolute Gasteiger partial charge is 0.384 e. The van der Waals surface area contributed by atoms with Gasteiger partial charge in [-0.25, -0.2) is 4.98 Å². The number of imidazole rings is 1. The first kappa shape index (κ1) is 19.1. The van der Waals surface area contributed by atoms with E-state index in [2.05, 4.69) is 27.5 Å². The van der Waals surface area contributed by atoms with Crippen LogP contribution in [0.3, 0.4) is 0 Å². The van der Waals surface area contributed by atoms with Gasteiger partial charge in [-0.3, -0.25) is 4.98 Å². The number of rotatable bonds is 7. The number of benzene rings is 2. The summed E-state index contributed by atoms with van der Waals surface area (Å²) in [5.74, 6) is 7.17. The van der Waals surface area contributed by atoms with Gasteiger partial charge in [-0.05, 0) is 18.2 Å². The minimum atomic E-state index is 0.400. The van der Waals surface area contributed by atoms with Gasteiger partial charge in [0, 0.05) is 31.0 Å². The van der Waals surface area contributed by atoms with E-state index in [0.29, 0.717) is 26.4 Å². The number of nitrogens with zero attached hydrogens (tertiary/aromatic N) is 3. The van der Waals surface area contributed by atoms with Crippen molar-refractivity contribution in [2.45, 2.75) is 13.0 Å². The van der Waals surface area contributed by atoms with Crippen molar-refractivity contribution >= 4 is 21.9 Å². The highest BCUT2D eigenvalue weighted by molar-refractivity contribution is 6.02. The van der Waals surface area contributed by atoms with E-state index in [9.17, 15) is 0 Å². The molecule has 4 rings (SSSR count). The van der Waals surface area contributed by atoms with Crippen molar-refractivity contribution in [2.24, 2.45) is 0 Å².